The molecule has 0 saturated carbocycles. The van der Waals surface area contributed by atoms with E-state index in [1.807, 2.05) is 0 Å². The summed E-state index contributed by atoms with van der Waals surface area (Å²) in [4.78, 5) is 2.33. The molecule has 0 fully saturated rings. The van der Waals surface area contributed by atoms with Crippen molar-refractivity contribution in [2.75, 3.05) is 25.5 Å². The molecule has 1 N–H and O–H groups in total. The molecule has 100 valence electrons. The van der Waals surface area contributed by atoms with Crippen LogP contribution < -0.4 is 5.32 Å². The summed E-state index contributed by atoms with van der Waals surface area (Å²) in [5.74, 6) is 0. The molecule has 0 saturated heterocycles. The van der Waals surface area contributed by atoms with Crippen molar-refractivity contribution >= 4 is 5.69 Å². The second-order valence-electron chi connectivity index (χ2n) is 5.02. The molecule has 2 aromatic carbocycles. The van der Waals surface area contributed by atoms with Crippen molar-refractivity contribution in [2.24, 2.45) is 0 Å². The van der Waals surface area contributed by atoms with Gasteiger partial charge in [0.2, 0.25) is 0 Å². The van der Waals surface area contributed by atoms with Crippen LogP contribution in [-0.4, -0.2) is 25.0 Å². The fourth-order valence-corrected chi connectivity index (χ4v) is 2.12. The Hall–Kier alpha value is -1.80. The fraction of sp³-hybridized carbons (Fsp3) is 0.294. The van der Waals surface area contributed by atoms with Crippen LogP contribution in [0.4, 0.5) is 5.69 Å². The molecule has 0 aromatic heterocycles. The van der Waals surface area contributed by atoms with Crippen molar-refractivity contribution in [2.45, 2.75) is 13.5 Å². The standard InChI is InChI=1S/C17H22N2/c1-15-7-6-10-17(13-15)18-11-12-19(2)14-16-8-4-3-5-9-16/h3-10,13,18H,11-12,14H2,1-2H3. The van der Waals surface area contributed by atoms with Gasteiger partial charge in [-0.05, 0) is 37.2 Å². The lowest BCUT2D eigenvalue weighted by molar-refractivity contribution is 0.340. The van der Waals surface area contributed by atoms with Gasteiger partial charge in [-0.2, -0.15) is 0 Å². The van der Waals surface area contributed by atoms with Crippen molar-refractivity contribution in [1.82, 2.24) is 4.90 Å². The monoisotopic (exact) mass is 254 g/mol. The summed E-state index contributed by atoms with van der Waals surface area (Å²) < 4.78 is 0. The predicted octanol–water partition coefficient (Wildman–Crippen LogP) is 3.54. The van der Waals surface area contributed by atoms with Crippen molar-refractivity contribution in [3.63, 3.8) is 0 Å². The van der Waals surface area contributed by atoms with Gasteiger partial charge in [0.1, 0.15) is 0 Å². The van der Waals surface area contributed by atoms with Gasteiger partial charge in [-0.1, -0.05) is 42.5 Å². The Balaban J connectivity index is 1.73. The first-order chi connectivity index (χ1) is 9.24. The summed E-state index contributed by atoms with van der Waals surface area (Å²) >= 11 is 0. The number of benzene rings is 2. The van der Waals surface area contributed by atoms with Crippen molar-refractivity contribution in [3.05, 3.63) is 65.7 Å². The molecule has 0 bridgehead atoms. The Labute approximate surface area is 116 Å². The van der Waals surface area contributed by atoms with Crippen LogP contribution in [0.2, 0.25) is 0 Å². The first-order valence-electron chi connectivity index (χ1n) is 6.77. The van der Waals surface area contributed by atoms with Crippen LogP contribution in [0.15, 0.2) is 54.6 Å². The number of anilines is 1. The number of hydrogen-bond acceptors (Lipinski definition) is 2. The lowest BCUT2D eigenvalue weighted by atomic mass is 10.2. The second kappa shape index (κ2) is 6.95. The van der Waals surface area contributed by atoms with Gasteiger partial charge in [0.05, 0.1) is 0 Å². The summed E-state index contributed by atoms with van der Waals surface area (Å²) in [5, 5.41) is 3.46. The lowest BCUT2D eigenvalue weighted by Gasteiger charge is -2.17. The van der Waals surface area contributed by atoms with Crippen LogP contribution in [0.25, 0.3) is 0 Å². The average Bonchev–Trinajstić information content (AvgIpc) is 2.40. The summed E-state index contributed by atoms with van der Waals surface area (Å²) in [6, 6.07) is 19.1. The Morgan fingerprint density at radius 3 is 2.53 bits per heavy atom. The van der Waals surface area contributed by atoms with Gasteiger partial charge in [-0.25, -0.2) is 0 Å². The summed E-state index contributed by atoms with van der Waals surface area (Å²) in [5.41, 5.74) is 3.86. The summed E-state index contributed by atoms with van der Waals surface area (Å²) in [7, 11) is 2.16. The lowest BCUT2D eigenvalue weighted by Crippen LogP contribution is -2.24. The zero-order valence-corrected chi connectivity index (χ0v) is 11.8. The van der Waals surface area contributed by atoms with Crippen molar-refractivity contribution < 1.29 is 0 Å². The molecule has 0 atom stereocenters. The Morgan fingerprint density at radius 2 is 1.79 bits per heavy atom. The first kappa shape index (κ1) is 13.6. The van der Waals surface area contributed by atoms with E-state index in [1.54, 1.807) is 0 Å². The van der Waals surface area contributed by atoms with E-state index in [4.69, 9.17) is 0 Å². The molecule has 2 aromatic rings. The quantitative estimate of drug-likeness (QED) is 0.848. The van der Waals surface area contributed by atoms with Crippen LogP contribution in [0.5, 0.6) is 0 Å². The number of hydrogen-bond donors (Lipinski definition) is 1. The number of nitrogens with one attached hydrogen (secondary N) is 1. The van der Waals surface area contributed by atoms with E-state index in [0.717, 1.165) is 19.6 Å². The molecule has 2 heteroatoms. The minimum Gasteiger partial charge on any atom is -0.384 e. The third-order valence-electron chi connectivity index (χ3n) is 3.14. The second-order valence-corrected chi connectivity index (χ2v) is 5.02. The Bertz CT molecular complexity index is 494. The highest BCUT2D eigenvalue weighted by molar-refractivity contribution is 5.45. The maximum Gasteiger partial charge on any atom is 0.0343 e. The van der Waals surface area contributed by atoms with Crippen LogP contribution >= 0.6 is 0 Å². The maximum atomic E-state index is 3.46. The van der Waals surface area contributed by atoms with Crippen LogP contribution in [0.3, 0.4) is 0 Å². The number of likely N-dealkylation sites (N-methyl/N-ethyl adjacent to an activating group) is 1. The van der Waals surface area contributed by atoms with Gasteiger partial charge >= 0.3 is 0 Å². The predicted molar refractivity (Wildman–Crippen MR) is 82.4 cm³/mol. The highest BCUT2D eigenvalue weighted by Gasteiger charge is 1.99. The molecule has 0 unspecified atom stereocenters. The van der Waals surface area contributed by atoms with Gasteiger partial charge in [0.25, 0.3) is 0 Å². The fourth-order valence-electron chi connectivity index (χ4n) is 2.12. The van der Waals surface area contributed by atoms with Crippen molar-refractivity contribution in [3.8, 4) is 0 Å². The van der Waals surface area contributed by atoms with E-state index >= 15 is 0 Å². The molecule has 2 rings (SSSR count). The van der Waals surface area contributed by atoms with Gasteiger partial charge in [-0.15, -0.1) is 0 Å². The molecule has 19 heavy (non-hydrogen) atoms. The van der Waals surface area contributed by atoms with E-state index in [1.165, 1.54) is 16.8 Å². The van der Waals surface area contributed by atoms with Gasteiger partial charge in [0.15, 0.2) is 0 Å². The molecule has 0 spiro atoms. The van der Waals surface area contributed by atoms with E-state index < -0.39 is 0 Å². The van der Waals surface area contributed by atoms with Crippen molar-refractivity contribution in [1.29, 1.82) is 0 Å². The Morgan fingerprint density at radius 1 is 1.00 bits per heavy atom. The normalized spacial score (nSPS) is 10.7. The number of aryl methyl sites for hydroxylation is 1. The average molecular weight is 254 g/mol. The highest BCUT2D eigenvalue weighted by Crippen LogP contribution is 2.09. The topological polar surface area (TPSA) is 15.3 Å². The third-order valence-corrected chi connectivity index (χ3v) is 3.14. The number of nitrogens with zero attached hydrogens (tertiary/aromatic N) is 1. The maximum absolute atomic E-state index is 3.46. The summed E-state index contributed by atoms with van der Waals surface area (Å²) in [6.45, 7) is 5.11. The molecule has 0 aliphatic rings. The van der Waals surface area contributed by atoms with Crippen LogP contribution in [0, 0.1) is 6.92 Å². The molecule has 0 amide bonds. The zero-order chi connectivity index (χ0) is 13.5. The smallest absolute Gasteiger partial charge is 0.0343 e. The largest absolute Gasteiger partial charge is 0.384 e. The first-order valence-corrected chi connectivity index (χ1v) is 6.77. The molecule has 0 radical (unpaired) electrons. The van der Waals surface area contributed by atoms with Gasteiger partial charge in [0, 0.05) is 25.3 Å². The van der Waals surface area contributed by atoms with E-state index in [-0.39, 0.29) is 0 Å². The molecule has 0 aliphatic heterocycles. The third kappa shape index (κ3) is 4.76. The van der Waals surface area contributed by atoms with Gasteiger partial charge in [-0.3, -0.25) is 0 Å². The molecular weight excluding hydrogens is 232 g/mol. The molecule has 2 nitrogen and oxygen atoms in total. The highest BCUT2D eigenvalue weighted by atomic mass is 15.1. The van der Waals surface area contributed by atoms with Gasteiger partial charge < -0.3 is 10.2 Å². The van der Waals surface area contributed by atoms with E-state index in [2.05, 4.69) is 78.8 Å². The van der Waals surface area contributed by atoms with Crippen LogP contribution in [-0.2, 0) is 6.54 Å². The Kier molecular flexibility index (Phi) is 4.99. The molecular formula is C17H22N2. The number of rotatable bonds is 6. The minimum absolute atomic E-state index is 0.965. The van der Waals surface area contributed by atoms with E-state index in [9.17, 15) is 0 Å². The molecule has 0 aliphatic carbocycles. The zero-order valence-electron chi connectivity index (χ0n) is 11.8. The SMILES string of the molecule is Cc1cccc(NCCN(C)Cc2ccccc2)c1. The van der Waals surface area contributed by atoms with Crippen LogP contribution in [0.1, 0.15) is 11.1 Å². The minimum atomic E-state index is 0.965. The summed E-state index contributed by atoms with van der Waals surface area (Å²) in [6.07, 6.45) is 0. The van der Waals surface area contributed by atoms with E-state index in [0.29, 0.717) is 0 Å². The molecule has 0 heterocycles.